The van der Waals surface area contributed by atoms with Crippen molar-refractivity contribution in [3.63, 3.8) is 0 Å². The molecule has 0 aliphatic heterocycles. The fraction of sp³-hybridized carbons (Fsp3) is 0. The summed E-state index contributed by atoms with van der Waals surface area (Å²) >= 11 is 1.02. The average molecular weight is 261 g/mol. The summed E-state index contributed by atoms with van der Waals surface area (Å²) in [5, 5.41) is 7.41. The van der Waals surface area contributed by atoms with Crippen molar-refractivity contribution >= 4 is 18.1 Å². The second kappa shape index (κ2) is 6.68. The molecule has 0 saturated heterocycles. The van der Waals surface area contributed by atoms with Gasteiger partial charge in [0.15, 0.2) is 0 Å². The van der Waals surface area contributed by atoms with Gasteiger partial charge in [-0.3, -0.25) is 4.89 Å². The highest BCUT2D eigenvalue weighted by Gasteiger charge is 2.03. The van der Waals surface area contributed by atoms with Crippen LogP contribution in [0.5, 0.6) is 5.75 Å². The maximum atomic E-state index is 7.41. The normalized spacial score (nSPS) is 9.78. The third-order valence-electron chi connectivity index (χ3n) is 1.94. The van der Waals surface area contributed by atoms with Crippen LogP contribution in [-0.2, 0) is 9.22 Å². The van der Waals surface area contributed by atoms with Crippen molar-refractivity contribution in [3.05, 3.63) is 60.7 Å². The van der Waals surface area contributed by atoms with E-state index in [4.69, 9.17) is 14.5 Å². The van der Waals surface area contributed by atoms with Crippen LogP contribution < -0.4 is 4.74 Å². The van der Waals surface area contributed by atoms with Crippen LogP contribution in [0.4, 0.5) is 0 Å². The zero-order valence-electron chi connectivity index (χ0n) is 9.41. The van der Waals surface area contributed by atoms with E-state index in [0.29, 0.717) is 5.75 Å². The Kier molecular flexibility index (Phi) is 4.63. The number of hydrogen-bond donors (Lipinski definition) is 1. The van der Waals surface area contributed by atoms with Crippen LogP contribution >= 0.6 is 12.0 Å². The Hall–Kier alpha value is -1.98. The lowest BCUT2D eigenvalue weighted by Crippen LogP contribution is -2.09. The van der Waals surface area contributed by atoms with E-state index in [9.17, 15) is 0 Å². The number of rotatable bonds is 4. The van der Waals surface area contributed by atoms with Crippen LogP contribution in [0.3, 0.4) is 0 Å². The summed E-state index contributed by atoms with van der Waals surface area (Å²) < 4.78 is 9.90. The van der Waals surface area contributed by atoms with Crippen molar-refractivity contribution in [3.8, 4) is 5.75 Å². The van der Waals surface area contributed by atoms with Crippen LogP contribution in [-0.4, -0.2) is 6.08 Å². The Morgan fingerprint density at radius 3 is 2.17 bits per heavy atom. The first-order chi connectivity index (χ1) is 8.84. The Bertz CT molecular complexity index is 490. The fourth-order valence-electron chi connectivity index (χ4n) is 1.18. The van der Waals surface area contributed by atoms with E-state index in [2.05, 4.69) is 4.89 Å². The minimum Gasteiger partial charge on any atom is -0.410 e. The van der Waals surface area contributed by atoms with Gasteiger partial charge in [-0.15, -0.1) is 4.33 Å². The van der Waals surface area contributed by atoms with E-state index < -0.39 is 6.08 Å². The minimum absolute atomic E-state index is 0.412. The lowest BCUT2D eigenvalue weighted by molar-refractivity contribution is -0.114. The molecule has 0 atom stereocenters. The van der Waals surface area contributed by atoms with Crippen molar-refractivity contribution in [2.24, 2.45) is 0 Å². The summed E-state index contributed by atoms with van der Waals surface area (Å²) in [5.41, 5.74) is 0. The highest BCUT2D eigenvalue weighted by atomic mass is 32.2. The van der Waals surface area contributed by atoms with Gasteiger partial charge in [-0.1, -0.05) is 36.4 Å². The highest BCUT2D eigenvalue weighted by Crippen LogP contribution is 2.18. The average Bonchev–Trinajstić information content (AvgIpc) is 2.41. The second-order valence-corrected chi connectivity index (χ2v) is 4.02. The van der Waals surface area contributed by atoms with Gasteiger partial charge in [0.25, 0.3) is 0 Å². The molecule has 0 amide bonds. The molecule has 0 saturated carbocycles. The number of nitrogens with one attached hydrogen (secondary N) is 1. The molecule has 0 aliphatic rings. The van der Waals surface area contributed by atoms with Crippen molar-refractivity contribution in [2.45, 2.75) is 4.90 Å². The van der Waals surface area contributed by atoms with Gasteiger partial charge in [-0.05, 0) is 24.3 Å². The van der Waals surface area contributed by atoms with Gasteiger partial charge in [0.2, 0.25) is 0 Å². The minimum atomic E-state index is -0.412. The van der Waals surface area contributed by atoms with Crippen molar-refractivity contribution < 1.29 is 14.0 Å². The zero-order chi connectivity index (χ0) is 12.6. The van der Waals surface area contributed by atoms with Crippen LogP contribution in [0.15, 0.2) is 65.6 Å². The summed E-state index contributed by atoms with van der Waals surface area (Å²) in [6.45, 7) is 0. The molecule has 2 aromatic rings. The Morgan fingerprint density at radius 1 is 0.889 bits per heavy atom. The molecule has 2 rings (SSSR count). The predicted molar refractivity (Wildman–Crippen MR) is 69.3 cm³/mol. The molecule has 92 valence electrons. The first kappa shape index (κ1) is 12.5. The number of benzene rings is 2. The van der Waals surface area contributed by atoms with Gasteiger partial charge in [-0.25, -0.2) is 5.41 Å². The first-order valence-corrected chi connectivity index (χ1v) is 5.96. The van der Waals surface area contributed by atoms with E-state index in [1.165, 1.54) is 0 Å². The third-order valence-corrected chi connectivity index (χ3v) is 2.54. The van der Waals surface area contributed by atoms with Gasteiger partial charge in [0, 0.05) is 4.90 Å². The third kappa shape index (κ3) is 4.12. The van der Waals surface area contributed by atoms with Gasteiger partial charge in [0.05, 0.1) is 12.0 Å². The topological polar surface area (TPSA) is 51.5 Å². The van der Waals surface area contributed by atoms with Crippen LogP contribution in [0.2, 0.25) is 0 Å². The molecule has 1 N–H and O–H groups in total. The van der Waals surface area contributed by atoms with E-state index >= 15 is 0 Å². The molecule has 0 spiro atoms. The Morgan fingerprint density at radius 2 is 1.50 bits per heavy atom. The quantitative estimate of drug-likeness (QED) is 0.300. The first-order valence-electron chi connectivity index (χ1n) is 5.22. The molecule has 18 heavy (non-hydrogen) atoms. The predicted octanol–water partition coefficient (Wildman–Crippen LogP) is 3.66. The Labute approximate surface area is 109 Å². The summed E-state index contributed by atoms with van der Waals surface area (Å²) in [4.78, 5) is 5.55. The summed E-state index contributed by atoms with van der Waals surface area (Å²) in [6.07, 6.45) is -0.412. The standard InChI is InChI=1S/C13H11NO3S/c14-13(15-11-7-3-1-4-8-11)16-17-18-12-9-5-2-6-10-12/h1-10,14H. The zero-order valence-corrected chi connectivity index (χ0v) is 10.2. The molecule has 0 fully saturated rings. The van der Waals surface area contributed by atoms with Gasteiger partial charge in [0.1, 0.15) is 5.75 Å². The van der Waals surface area contributed by atoms with Gasteiger partial charge >= 0.3 is 6.08 Å². The molecule has 0 heterocycles. The van der Waals surface area contributed by atoms with Crippen molar-refractivity contribution in [1.82, 2.24) is 0 Å². The van der Waals surface area contributed by atoms with Crippen LogP contribution in [0.1, 0.15) is 0 Å². The summed E-state index contributed by atoms with van der Waals surface area (Å²) in [5.74, 6) is 0.524. The molecule has 4 nitrogen and oxygen atoms in total. The number of ether oxygens (including phenoxy) is 1. The smallest absolute Gasteiger partial charge is 0.410 e. The molecule has 2 aromatic carbocycles. The summed E-state index contributed by atoms with van der Waals surface area (Å²) in [6, 6.07) is 18.3. The molecule has 0 aliphatic carbocycles. The van der Waals surface area contributed by atoms with E-state index in [1.54, 1.807) is 12.1 Å². The van der Waals surface area contributed by atoms with Crippen LogP contribution in [0, 0.1) is 5.41 Å². The highest BCUT2D eigenvalue weighted by molar-refractivity contribution is 7.94. The largest absolute Gasteiger partial charge is 0.420 e. The molecule has 0 aromatic heterocycles. The fourth-order valence-corrected chi connectivity index (χ4v) is 1.62. The number of hydrogen-bond acceptors (Lipinski definition) is 5. The van der Waals surface area contributed by atoms with E-state index in [0.717, 1.165) is 16.9 Å². The molecule has 0 bridgehead atoms. The van der Waals surface area contributed by atoms with Crippen LogP contribution in [0.25, 0.3) is 0 Å². The Balaban J connectivity index is 1.73. The van der Waals surface area contributed by atoms with Crippen molar-refractivity contribution in [2.75, 3.05) is 0 Å². The maximum Gasteiger partial charge on any atom is 0.420 e. The molecular formula is C13H11NO3S. The maximum absolute atomic E-state index is 7.41. The summed E-state index contributed by atoms with van der Waals surface area (Å²) in [7, 11) is 0. The molecule has 0 unspecified atom stereocenters. The monoisotopic (exact) mass is 261 g/mol. The lowest BCUT2D eigenvalue weighted by atomic mass is 10.3. The van der Waals surface area contributed by atoms with Gasteiger partial charge in [-0.2, -0.15) is 0 Å². The van der Waals surface area contributed by atoms with E-state index in [-0.39, 0.29) is 0 Å². The second-order valence-electron chi connectivity index (χ2n) is 3.25. The molecular weight excluding hydrogens is 250 g/mol. The van der Waals surface area contributed by atoms with Gasteiger partial charge < -0.3 is 4.74 Å². The van der Waals surface area contributed by atoms with Crippen molar-refractivity contribution in [1.29, 1.82) is 5.41 Å². The van der Waals surface area contributed by atoms with E-state index in [1.807, 2.05) is 48.5 Å². The molecule has 0 radical (unpaired) electrons. The lowest BCUT2D eigenvalue weighted by Gasteiger charge is -2.05. The SMILES string of the molecule is N=C(OOSc1ccccc1)Oc1ccccc1. The molecule has 5 heteroatoms. The number of para-hydroxylation sites is 1.